The van der Waals surface area contributed by atoms with E-state index in [1.165, 1.54) is 0 Å². The molecule has 4 aromatic heterocycles. The Balaban J connectivity index is 1.44. The van der Waals surface area contributed by atoms with Crippen LogP contribution in [0.1, 0.15) is 44.0 Å². The lowest BCUT2D eigenvalue weighted by molar-refractivity contribution is 0.0904. The number of imidazole rings is 2. The molecule has 9 N–H and O–H groups in total. The van der Waals surface area contributed by atoms with Gasteiger partial charge in [-0.1, -0.05) is 0 Å². The zero-order chi connectivity index (χ0) is 26.3. The van der Waals surface area contributed by atoms with E-state index in [0.29, 0.717) is 36.8 Å². The molecule has 4 heterocycles. The monoisotopic (exact) mass is 632 g/mol. The van der Waals surface area contributed by atoms with E-state index in [-0.39, 0.29) is 35.5 Å². The van der Waals surface area contributed by atoms with E-state index in [9.17, 15) is 9.59 Å². The molecule has 2 amide bonds. The van der Waals surface area contributed by atoms with Crippen LogP contribution in [0.2, 0.25) is 0 Å². The maximum atomic E-state index is 13.0. The lowest BCUT2D eigenvalue weighted by Crippen LogP contribution is -2.44. The highest BCUT2D eigenvalue weighted by atomic mass is 79.9. The molecule has 0 bridgehead atoms. The summed E-state index contributed by atoms with van der Waals surface area (Å²) in [6.45, 7) is 0.691. The number of anilines is 2. The number of fused-ring (bicyclic) bond motifs is 1. The van der Waals surface area contributed by atoms with E-state index in [4.69, 9.17) is 11.5 Å². The van der Waals surface area contributed by atoms with Gasteiger partial charge in [-0.05, 0) is 62.2 Å². The molecule has 4 aromatic rings. The maximum absolute atomic E-state index is 13.0. The van der Waals surface area contributed by atoms with Crippen LogP contribution in [-0.2, 0) is 13.5 Å². The number of aromatic nitrogens is 6. The number of nitrogens with two attached hydrogens (primary N) is 2. The second kappa shape index (κ2) is 10.1. The van der Waals surface area contributed by atoms with Gasteiger partial charge < -0.3 is 41.6 Å². The van der Waals surface area contributed by atoms with Gasteiger partial charge in [-0.3, -0.25) is 9.59 Å². The maximum Gasteiger partial charge on any atom is 0.267 e. The van der Waals surface area contributed by atoms with Gasteiger partial charge in [0.25, 0.3) is 11.8 Å². The summed E-state index contributed by atoms with van der Waals surface area (Å²) in [5, 5.41) is 6.11. The quantitative estimate of drug-likeness (QED) is 0.163. The molecule has 1 aliphatic carbocycles. The molecule has 0 unspecified atom stereocenters. The third-order valence-corrected chi connectivity index (χ3v) is 7.59. The number of nitrogens with one attached hydrogen (secondary N) is 5. The van der Waals surface area contributed by atoms with Crippen LogP contribution in [0.5, 0.6) is 0 Å². The highest BCUT2D eigenvalue weighted by Gasteiger charge is 2.41. The van der Waals surface area contributed by atoms with Crippen molar-refractivity contribution in [3.8, 4) is 0 Å². The number of H-pyrrole nitrogens is 3. The Morgan fingerprint density at radius 2 is 1.89 bits per heavy atom. The molecule has 0 saturated heterocycles. The number of rotatable bonds is 7. The predicted octanol–water partition coefficient (Wildman–Crippen LogP) is 2.27. The van der Waals surface area contributed by atoms with Crippen molar-refractivity contribution in [2.45, 2.75) is 12.3 Å². The van der Waals surface area contributed by atoms with Crippen molar-refractivity contribution in [2.24, 2.45) is 18.9 Å². The third-order valence-electron chi connectivity index (χ3n) is 6.69. The van der Waals surface area contributed by atoms with Gasteiger partial charge in [-0.15, -0.1) is 0 Å². The Morgan fingerprint density at radius 3 is 2.54 bits per heavy atom. The normalized spacial score (nSPS) is 18.9. The van der Waals surface area contributed by atoms with Gasteiger partial charge in [0.1, 0.15) is 11.4 Å². The zero-order valence-corrected chi connectivity index (χ0v) is 23.0. The van der Waals surface area contributed by atoms with Crippen molar-refractivity contribution in [1.29, 1.82) is 0 Å². The molecule has 3 atom stereocenters. The number of aromatic amines is 3. The van der Waals surface area contributed by atoms with Gasteiger partial charge in [-0.25, -0.2) is 9.97 Å². The SMILES string of the molecule is Cn1cc(Br)cc1C(=O)NC[C@@H]1Cc2[nH]c(N)nc2[C@H](c2cnc(N)[nH]2)[C@H]1CNC(=O)c1cc(Br)c[nH]1. The van der Waals surface area contributed by atoms with Gasteiger partial charge in [0.05, 0.1) is 11.9 Å². The fourth-order valence-corrected chi connectivity index (χ4v) is 5.88. The Hall–Kier alpha value is -3.52. The molecular formula is C23H26Br2N10O2. The number of aryl methyl sites for hydroxylation is 1. The number of halogens is 2. The number of carbonyl (C=O) groups is 2. The minimum absolute atomic E-state index is 0.0646. The van der Waals surface area contributed by atoms with Crippen LogP contribution in [0.25, 0.3) is 0 Å². The average molecular weight is 634 g/mol. The molecular weight excluding hydrogens is 608 g/mol. The van der Waals surface area contributed by atoms with Crippen molar-refractivity contribution in [3.63, 3.8) is 0 Å². The van der Waals surface area contributed by atoms with Gasteiger partial charge in [0, 0.05) is 58.8 Å². The van der Waals surface area contributed by atoms with Crippen LogP contribution in [0.15, 0.2) is 39.7 Å². The second-order valence-electron chi connectivity index (χ2n) is 9.12. The molecule has 0 spiro atoms. The topological polar surface area (TPSA) is 188 Å². The molecule has 0 saturated carbocycles. The van der Waals surface area contributed by atoms with E-state index in [1.54, 1.807) is 29.1 Å². The fourth-order valence-electron chi connectivity index (χ4n) is 5.01. The molecule has 194 valence electrons. The zero-order valence-electron chi connectivity index (χ0n) is 19.8. The van der Waals surface area contributed by atoms with Gasteiger partial charge in [0.2, 0.25) is 0 Å². The molecule has 5 rings (SSSR count). The molecule has 14 heteroatoms. The van der Waals surface area contributed by atoms with Crippen LogP contribution in [0, 0.1) is 11.8 Å². The van der Waals surface area contributed by atoms with Crippen LogP contribution in [-0.4, -0.2) is 54.4 Å². The molecule has 0 aromatic carbocycles. The van der Waals surface area contributed by atoms with Gasteiger partial charge >= 0.3 is 0 Å². The minimum atomic E-state index is -0.288. The summed E-state index contributed by atoms with van der Waals surface area (Å²) in [5.74, 6) is -0.350. The first kappa shape index (κ1) is 25.1. The molecule has 12 nitrogen and oxygen atoms in total. The van der Waals surface area contributed by atoms with Crippen LogP contribution in [0.3, 0.4) is 0 Å². The molecule has 0 radical (unpaired) electrons. The average Bonchev–Trinajstić information content (AvgIpc) is 3.62. The summed E-state index contributed by atoms with van der Waals surface area (Å²) in [6, 6.07) is 3.48. The minimum Gasteiger partial charge on any atom is -0.369 e. The fraction of sp³-hybridized carbons (Fsp3) is 0.304. The Bertz CT molecular complexity index is 1450. The number of nitrogens with zero attached hydrogens (tertiary/aromatic N) is 3. The van der Waals surface area contributed by atoms with E-state index < -0.39 is 0 Å². The summed E-state index contributed by atoms with van der Waals surface area (Å²) in [4.78, 5) is 43.8. The number of hydrogen-bond acceptors (Lipinski definition) is 6. The first-order chi connectivity index (χ1) is 17.7. The third kappa shape index (κ3) is 5.16. The lowest BCUT2D eigenvalue weighted by Gasteiger charge is -2.37. The van der Waals surface area contributed by atoms with Crippen LogP contribution >= 0.6 is 31.9 Å². The largest absolute Gasteiger partial charge is 0.369 e. The van der Waals surface area contributed by atoms with E-state index in [2.05, 4.69) is 67.4 Å². The molecule has 0 fully saturated rings. The number of carbonyl (C=O) groups excluding carboxylic acids is 2. The predicted molar refractivity (Wildman–Crippen MR) is 145 cm³/mol. The van der Waals surface area contributed by atoms with E-state index in [0.717, 1.165) is 26.0 Å². The van der Waals surface area contributed by atoms with Gasteiger partial charge in [-0.2, -0.15) is 0 Å². The first-order valence-electron chi connectivity index (χ1n) is 11.6. The molecule has 1 aliphatic rings. The van der Waals surface area contributed by atoms with Crippen LogP contribution < -0.4 is 22.1 Å². The van der Waals surface area contributed by atoms with Crippen molar-refractivity contribution in [1.82, 2.24) is 40.1 Å². The summed E-state index contributed by atoms with van der Waals surface area (Å²) in [5.41, 5.74) is 15.3. The van der Waals surface area contributed by atoms with E-state index in [1.807, 2.05) is 13.2 Å². The second-order valence-corrected chi connectivity index (χ2v) is 11.0. The van der Waals surface area contributed by atoms with Gasteiger partial charge in [0.15, 0.2) is 11.9 Å². The Morgan fingerprint density at radius 1 is 1.11 bits per heavy atom. The summed E-state index contributed by atoms with van der Waals surface area (Å²) in [7, 11) is 1.82. The Kier molecular flexibility index (Phi) is 6.86. The first-order valence-corrected chi connectivity index (χ1v) is 13.1. The van der Waals surface area contributed by atoms with Crippen molar-refractivity contribution >= 4 is 55.6 Å². The lowest BCUT2D eigenvalue weighted by atomic mass is 9.71. The smallest absolute Gasteiger partial charge is 0.267 e. The van der Waals surface area contributed by atoms with Crippen molar-refractivity contribution in [2.75, 3.05) is 24.6 Å². The van der Waals surface area contributed by atoms with Crippen LogP contribution in [0.4, 0.5) is 11.9 Å². The highest BCUT2D eigenvalue weighted by molar-refractivity contribution is 9.10. The van der Waals surface area contributed by atoms with Crippen molar-refractivity contribution in [3.05, 3.63) is 68.1 Å². The summed E-state index contributed by atoms with van der Waals surface area (Å²) < 4.78 is 3.37. The molecule has 0 aliphatic heterocycles. The molecule has 37 heavy (non-hydrogen) atoms. The van der Waals surface area contributed by atoms with Crippen molar-refractivity contribution < 1.29 is 9.59 Å². The summed E-state index contributed by atoms with van der Waals surface area (Å²) in [6.07, 6.45) is 5.79. The Labute approximate surface area is 228 Å². The number of amides is 2. The standard InChI is InChI=1S/C23H26Br2N10O2/c1-35-9-12(25)4-17(35)21(37)29-5-10-2-14-19(34-23(27)32-14)18(16-8-31-22(26)33-16)13(10)7-30-20(36)15-3-11(24)6-28-15/h3-4,6,8-10,13,18,28H,2,5,7H2,1H3,(H,29,37)(H,30,36)(H3,26,31,33)(H3,27,32,34)/t10-,13-,18-/m0/s1. The van der Waals surface area contributed by atoms with E-state index >= 15 is 0 Å². The highest BCUT2D eigenvalue weighted by Crippen LogP contribution is 2.42. The summed E-state index contributed by atoms with van der Waals surface area (Å²) >= 11 is 6.77. The number of nitrogen functional groups attached to an aromatic ring is 2. The number of hydrogen-bond donors (Lipinski definition) is 7.